The van der Waals surface area contributed by atoms with Crippen molar-refractivity contribution < 1.29 is 29.7 Å². The molecule has 0 spiro atoms. The summed E-state index contributed by atoms with van der Waals surface area (Å²) >= 11 is 0. The van der Waals surface area contributed by atoms with Crippen molar-refractivity contribution in [2.24, 2.45) is 0 Å². The van der Waals surface area contributed by atoms with Gasteiger partial charge in [-0.15, -0.1) is 0 Å². The molecule has 25 heavy (non-hydrogen) atoms. The third-order valence-corrected chi connectivity index (χ3v) is 2.79. The monoisotopic (exact) mass is 357 g/mol. The maximum absolute atomic E-state index is 10.0. The van der Waals surface area contributed by atoms with Crippen molar-refractivity contribution in [2.45, 2.75) is 58.3 Å². The summed E-state index contributed by atoms with van der Waals surface area (Å²) in [6.07, 6.45) is 9.11. The predicted molar refractivity (Wildman–Crippen MR) is 90.7 cm³/mol. The third kappa shape index (κ3) is 44.9. The number of nitrogens with zero attached hydrogens (tertiary/aromatic N) is 1. The fourth-order valence-electron chi connectivity index (χ4n) is 1.36. The number of carboxylic acids is 3. The molecule has 0 aliphatic carbocycles. The van der Waals surface area contributed by atoms with Gasteiger partial charge < -0.3 is 34.6 Å². The Labute approximate surface area is 151 Å². The summed E-state index contributed by atoms with van der Waals surface area (Å²) in [5.74, 6) is -4.01. The second-order valence-corrected chi connectivity index (χ2v) is 5.52. The van der Waals surface area contributed by atoms with Crippen molar-refractivity contribution in [1.29, 1.82) is 0 Å². The highest BCUT2D eigenvalue weighted by Crippen LogP contribution is 2.07. The van der Waals surface area contributed by atoms with Crippen LogP contribution in [-0.4, -0.2) is 43.4 Å². The van der Waals surface area contributed by atoms with Crippen molar-refractivity contribution in [1.82, 2.24) is 4.90 Å². The maximum Gasteiger partial charge on any atom is 0.0643 e. The van der Waals surface area contributed by atoms with E-state index in [1.807, 2.05) is 19.0 Å². The van der Waals surface area contributed by atoms with E-state index in [4.69, 9.17) is 0 Å². The molecule has 0 amide bonds. The van der Waals surface area contributed by atoms with Gasteiger partial charge in [-0.05, 0) is 52.6 Å². The first-order chi connectivity index (χ1) is 11.7. The number of carbonyl (C=O) groups is 3. The fourth-order valence-corrected chi connectivity index (χ4v) is 1.36. The van der Waals surface area contributed by atoms with E-state index in [1.54, 1.807) is 0 Å². The second-order valence-electron chi connectivity index (χ2n) is 5.52. The van der Waals surface area contributed by atoms with E-state index in [9.17, 15) is 29.7 Å². The van der Waals surface area contributed by atoms with E-state index in [2.05, 4.69) is 13.8 Å². The number of aliphatic carboxylic acids is 3. The molecule has 1 radical (unpaired) electrons. The Morgan fingerprint density at radius 3 is 1.48 bits per heavy atom. The Balaban J connectivity index is -0.000000321. The number of carboxylic acid groups (broad SMARTS) is 3. The van der Waals surface area contributed by atoms with Crippen molar-refractivity contribution >= 4 is 17.9 Å². The zero-order valence-electron chi connectivity index (χ0n) is 15.6. The summed E-state index contributed by atoms with van der Waals surface area (Å²) < 4.78 is 0. The molecule has 0 unspecified atom stereocenters. The molecule has 0 atom stereocenters. The van der Waals surface area contributed by atoms with Gasteiger partial charge in [-0.25, -0.2) is 0 Å². The van der Waals surface area contributed by atoms with Crippen LogP contribution in [0.3, 0.4) is 0 Å². The van der Waals surface area contributed by atoms with Crippen molar-refractivity contribution in [2.75, 3.05) is 20.6 Å². The number of unbranched alkanes of at least 4 members (excludes halogenated alkanes) is 6. The van der Waals surface area contributed by atoms with Crippen molar-refractivity contribution in [3.05, 3.63) is 19.1 Å². The van der Waals surface area contributed by atoms with Crippen LogP contribution in [0, 0.1) is 6.92 Å². The van der Waals surface area contributed by atoms with Gasteiger partial charge in [0.05, 0.1) is 11.9 Å². The number of hydrogen-bond acceptors (Lipinski definition) is 7. The number of rotatable bonds is 11. The van der Waals surface area contributed by atoms with E-state index < -0.39 is 17.9 Å². The zero-order chi connectivity index (χ0) is 20.1. The lowest BCUT2D eigenvalue weighted by Gasteiger charge is -2.01. The summed E-state index contributed by atoms with van der Waals surface area (Å²) in [7, 11) is 3.99. The summed E-state index contributed by atoms with van der Waals surface area (Å²) in [6, 6.07) is 0. The van der Waals surface area contributed by atoms with Crippen LogP contribution in [0.15, 0.2) is 12.2 Å². The first-order valence-corrected chi connectivity index (χ1v) is 8.41. The Morgan fingerprint density at radius 2 is 1.20 bits per heavy atom. The van der Waals surface area contributed by atoms with E-state index in [0.717, 1.165) is 19.4 Å². The molecular weight excluding hydrogens is 326 g/mol. The first-order valence-electron chi connectivity index (χ1n) is 8.41. The molecule has 0 fully saturated rings. The molecule has 0 saturated carbocycles. The predicted octanol–water partition coefficient (Wildman–Crippen LogP) is -0.699. The Morgan fingerprint density at radius 1 is 0.840 bits per heavy atom. The number of hydrogen-bond donors (Lipinski definition) is 0. The molecule has 7 heteroatoms. The van der Waals surface area contributed by atoms with E-state index in [0.29, 0.717) is 12.2 Å². The topological polar surface area (TPSA) is 124 Å². The minimum Gasteiger partial charge on any atom is -0.550 e. The first kappa shape index (κ1) is 27.9. The van der Waals surface area contributed by atoms with Crippen LogP contribution in [0.2, 0.25) is 0 Å². The Bertz CT molecular complexity index is 351. The van der Waals surface area contributed by atoms with Crippen molar-refractivity contribution in [3.8, 4) is 0 Å². The van der Waals surface area contributed by atoms with Gasteiger partial charge in [0.1, 0.15) is 0 Å². The Kier molecular flexibility index (Phi) is 24.7. The molecular formula is C18H31NO6-3. The van der Waals surface area contributed by atoms with Crippen LogP contribution >= 0.6 is 0 Å². The van der Waals surface area contributed by atoms with Gasteiger partial charge in [0.2, 0.25) is 0 Å². The molecule has 0 bridgehead atoms. The van der Waals surface area contributed by atoms with Crippen LogP contribution < -0.4 is 15.3 Å². The van der Waals surface area contributed by atoms with Gasteiger partial charge in [0.15, 0.2) is 0 Å². The molecule has 0 aliphatic heterocycles. The van der Waals surface area contributed by atoms with Gasteiger partial charge in [-0.3, -0.25) is 0 Å². The van der Waals surface area contributed by atoms with Crippen molar-refractivity contribution in [3.63, 3.8) is 0 Å². The van der Waals surface area contributed by atoms with Crippen LogP contribution in [0.25, 0.3) is 0 Å². The van der Waals surface area contributed by atoms with Crippen LogP contribution in [0.4, 0.5) is 0 Å². The minimum atomic E-state index is -1.55. The van der Waals surface area contributed by atoms with Gasteiger partial charge in [0, 0.05) is 5.97 Å². The molecule has 0 N–H and O–H groups in total. The largest absolute Gasteiger partial charge is 0.550 e. The third-order valence-electron chi connectivity index (χ3n) is 2.79. The summed E-state index contributed by atoms with van der Waals surface area (Å²) in [5.41, 5.74) is 0. The number of carbonyl (C=O) groups excluding carboxylic acids is 3. The van der Waals surface area contributed by atoms with Gasteiger partial charge >= 0.3 is 0 Å². The standard InChI is InChI=1S/C10H20O2.C4H10N.C4H4O4/c1-2-3-4-5-6-7-8-9-10(11)12;1-4-5(2)3;5-3(6)1-2-4(7)8/h2-9H2,1H3,(H,11,12);1,4H2,2-3H3;1-2H,(H,5,6)(H,7,8)/p-3/b;;2-1-. The molecule has 0 aromatic carbocycles. The fraction of sp³-hybridized carbons (Fsp3) is 0.667. The average molecular weight is 357 g/mol. The SMILES string of the molecule is CCCCCCCCCC(=O)[O-].O=C([O-])/C=C\C(=O)[O-].[CH2]CN(C)C. The lowest BCUT2D eigenvalue weighted by atomic mass is 10.1. The lowest BCUT2D eigenvalue weighted by molar-refractivity contribution is -0.306. The summed E-state index contributed by atoms with van der Waals surface area (Å²) in [6.45, 7) is 6.69. The second kappa shape index (κ2) is 22.1. The van der Waals surface area contributed by atoms with Gasteiger partial charge in [0.25, 0.3) is 0 Å². The molecule has 0 rings (SSSR count). The van der Waals surface area contributed by atoms with Crippen LogP contribution in [0.1, 0.15) is 58.3 Å². The van der Waals surface area contributed by atoms with Crippen LogP contribution in [-0.2, 0) is 14.4 Å². The highest BCUT2D eigenvalue weighted by Gasteiger charge is 1.90. The maximum atomic E-state index is 10.0. The van der Waals surface area contributed by atoms with E-state index in [-0.39, 0.29) is 6.42 Å². The quantitative estimate of drug-likeness (QED) is 0.354. The van der Waals surface area contributed by atoms with Gasteiger partial charge in [-0.1, -0.05) is 45.4 Å². The minimum absolute atomic E-state index is 0.230. The smallest absolute Gasteiger partial charge is 0.0643 e. The summed E-state index contributed by atoms with van der Waals surface area (Å²) in [4.78, 5) is 30.9. The molecule has 147 valence electrons. The molecule has 0 aliphatic rings. The highest BCUT2D eigenvalue weighted by atomic mass is 16.4. The normalized spacial score (nSPS) is 9.80. The van der Waals surface area contributed by atoms with E-state index in [1.165, 1.54) is 32.1 Å². The van der Waals surface area contributed by atoms with Gasteiger partial charge in [-0.2, -0.15) is 0 Å². The average Bonchev–Trinajstić information content (AvgIpc) is 2.53. The molecule has 0 heterocycles. The summed E-state index contributed by atoms with van der Waals surface area (Å²) in [5, 5.41) is 28.9. The van der Waals surface area contributed by atoms with E-state index >= 15 is 0 Å². The molecule has 0 saturated heterocycles. The van der Waals surface area contributed by atoms with Crippen LogP contribution in [0.5, 0.6) is 0 Å². The molecule has 0 aromatic rings. The molecule has 7 nitrogen and oxygen atoms in total. The zero-order valence-corrected chi connectivity index (χ0v) is 15.6. The Hall–Kier alpha value is -1.89. The lowest BCUT2D eigenvalue weighted by Crippen LogP contribution is -2.23. The molecule has 0 aromatic heterocycles. The highest BCUT2D eigenvalue weighted by molar-refractivity contribution is 5.87.